The summed E-state index contributed by atoms with van der Waals surface area (Å²) in [6.45, 7) is 7.71. The lowest BCUT2D eigenvalue weighted by Gasteiger charge is -2.08. The first-order chi connectivity index (χ1) is 6.72. The van der Waals surface area contributed by atoms with Gasteiger partial charge in [0.1, 0.15) is 0 Å². The van der Waals surface area contributed by atoms with Crippen LogP contribution < -0.4 is 10.1 Å². The van der Waals surface area contributed by atoms with Gasteiger partial charge in [-0.25, -0.2) is 4.98 Å². The second-order valence-electron chi connectivity index (χ2n) is 3.45. The van der Waals surface area contributed by atoms with E-state index in [0.717, 1.165) is 6.54 Å². The van der Waals surface area contributed by atoms with Gasteiger partial charge < -0.3 is 10.1 Å². The lowest BCUT2D eigenvalue weighted by molar-refractivity contribution is 0.261. The first kappa shape index (κ1) is 10.8. The highest BCUT2D eigenvalue weighted by molar-refractivity contribution is 5.26. The number of hydrogen-bond donors (Lipinski definition) is 1. The minimum absolute atomic E-state index is 0.507. The van der Waals surface area contributed by atoms with Crippen molar-refractivity contribution < 1.29 is 4.74 Å². The van der Waals surface area contributed by atoms with Crippen molar-refractivity contribution in [1.82, 2.24) is 9.97 Å². The largest absolute Gasteiger partial charge is 0.477 e. The molecule has 14 heavy (non-hydrogen) atoms. The molecule has 4 heteroatoms. The van der Waals surface area contributed by atoms with Crippen LogP contribution in [0, 0.1) is 5.92 Å². The normalized spacial score (nSPS) is 10.3. The zero-order valence-electron chi connectivity index (χ0n) is 8.95. The molecule has 0 bridgehead atoms. The van der Waals surface area contributed by atoms with Gasteiger partial charge in [0.05, 0.1) is 6.61 Å². The maximum absolute atomic E-state index is 5.46. The first-order valence-electron chi connectivity index (χ1n) is 4.92. The standard InChI is InChI=1S/C10H17N3O/c1-4-11-10-12-6-5-9(13-10)14-7-8(2)3/h5-6,8H,4,7H2,1-3H3,(H,11,12,13). The molecule has 78 valence electrons. The third-order valence-electron chi connectivity index (χ3n) is 1.53. The Balaban J connectivity index is 2.54. The van der Waals surface area contributed by atoms with Gasteiger partial charge in [-0.15, -0.1) is 0 Å². The van der Waals surface area contributed by atoms with Gasteiger partial charge in [0.15, 0.2) is 0 Å². The summed E-state index contributed by atoms with van der Waals surface area (Å²) in [5.41, 5.74) is 0. The van der Waals surface area contributed by atoms with Crippen molar-refractivity contribution in [2.75, 3.05) is 18.5 Å². The summed E-state index contributed by atoms with van der Waals surface area (Å²) in [5, 5.41) is 3.03. The van der Waals surface area contributed by atoms with Gasteiger partial charge in [-0.05, 0) is 12.8 Å². The molecule has 0 aromatic carbocycles. The van der Waals surface area contributed by atoms with Gasteiger partial charge in [-0.2, -0.15) is 4.98 Å². The molecule has 0 radical (unpaired) electrons. The molecule has 0 saturated heterocycles. The van der Waals surface area contributed by atoms with Crippen molar-refractivity contribution in [3.63, 3.8) is 0 Å². The zero-order chi connectivity index (χ0) is 10.4. The number of ether oxygens (including phenoxy) is 1. The van der Waals surface area contributed by atoms with E-state index < -0.39 is 0 Å². The summed E-state index contributed by atoms with van der Waals surface area (Å²) in [4.78, 5) is 8.24. The maximum Gasteiger partial charge on any atom is 0.225 e. The van der Waals surface area contributed by atoms with E-state index in [-0.39, 0.29) is 0 Å². The summed E-state index contributed by atoms with van der Waals surface area (Å²) in [6.07, 6.45) is 1.70. The molecular formula is C10H17N3O. The average molecular weight is 195 g/mol. The molecule has 0 aliphatic carbocycles. The molecule has 4 nitrogen and oxygen atoms in total. The first-order valence-corrected chi connectivity index (χ1v) is 4.92. The molecule has 1 aromatic rings. The van der Waals surface area contributed by atoms with Crippen molar-refractivity contribution in [3.05, 3.63) is 12.3 Å². The molecule has 0 aliphatic heterocycles. The van der Waals surface area contributed by atoms with E-state index in [1.54, 1.807) is 12.3 Å². The minimum atomic E-state index is 0.507. The maximum atomic E-state index is 5.46. The van der Waals surface area contributed by atoms with Gasteiger partial charge in [0.2, 0.25) is 11.8 Å². The van der Waals surface area contributed by atoms with Crippen LogP contribution in [0.5, 0.6) is 5.88 Å². The number of aromatic nitrogens is 2. The fourth-order valence-electron chi connectivity index (χ4n) is 0.918. The highest BCUT2D eigenvalue weighted by Gasteiger charge is 2.00. The van der Waals surface area contributed by atoms with E-state index in [2.05, 4.69) is 29.1 Å². The average Bonchev–Trinajstić information content (AvgIpc) is 2.16. The second kappa shape index (κ2) is 5.42. The van der Waals surface area contributed by atoms with Crippen LogP contribution in [0.15, 0.2) is 12.3 Å². The molecule has 1 heterocycles. The van der Waals surface area contributed by atoms with Crippen LogP contribution in [0.25, 0.3) is 0 Å². The predicted octanol–water partition coefficient (Wildman–Crippen LogP) is 1.94. The summed E-state index contributed by atoms with van der Waals surface area (Å²) in [6, 6.07) is 1.77. The van der Waals surface area contributed by atoms with E-state index in [1.807, 2.05) is 6.92 Å². The molecule has 0 saturated carbocycles. The number of nitrogens with one attached hydrogen (secondary N) is 1. The Hall–Kier alpha value is -1.32. The number of hydrogen-bond acceptors (Lipinski definition) is 4. The monoisotopic (exact) mass is 195 g/mol. The smallest absolute Gasteiger partial charge is 0.225 e. The van der Waals surface area contributed by atoms with Crippen LogP contribution in [0.3, 0.4) is 0 Å². The summed E-state index contributed by atoms with van der Waals surface area (Å²) < 4.78 is 5.46. The molecule has 0 unspecified atom stereocenters. The Morgan fingerprint density at radius 2 is 2.29 bits per heavy atom. The highest BCUT2D eigenvalue weighted by atomic mass is 16.5. The van der Waals surface area contributed by atoms with Gasteiger partial charge in [0.25, 0.3) is 0 Å². The Labute approximate surface area is 84.7 Å². The van der Waals surface area contributed by atoms with Crippen LogP contribution in [-0.2, 0) is 0 Å². The van der Waals surface area contributed by atoms with Crippen molar-refractivity contribution in [2.24, 2.45) is 5.92 Å². The second-order valence-corrected chi connectivity index (χ2v) is 3.45. The van der Waals surface area contributed by atoms with Gasteiger partial charge in [-0.1, -0.05) is 13.8 Å². The van der Waals surface area contributed by atoms with E-state index in [1.165, 1.54) is 0 Å². The van der Waals surface area contributed by atoms with E-state index in [4.69, 9.17) is 4.74 Å². The highest BCUT2D eigenvalue weighted by Crippen LogP contribution is 2.09. The fourth-order valence-corrected chi connectivity index (χ4v) is 0.918. The fraction of sp³-hybridized carbons (Fsp3) is 0.600. The van der Waals surface area contributed by atoms with E-state index in [0.29, 0.717) is 24.4 Å². The van der Waals surface area contributed by atoms with Crippen molar-refractivity contribution in [2.45, 2.75) is 20.8 Å². The number of rotatable bonds is 5. The molecule has 0 atom stereocenters. The van der Waals surface area contributed by atoms with Crippen LogP contribution in [0.2, 0.25) is 0 Å². The SMILES string of the molecule is CCNc1nccc(OCC(C)C)n1. The predicted molar refractivity (Wildman–Crippen MR) is 56.5 cm³/mol. The number of anilines is 1. The lowest BCUT2D eigenvalue weighted by Crippen LogP contribution is -2.07. The van der Waals surface area contributed by atoms with Gasteiger partial charge in [-0.3, -0.25) is 0 Å². The van der Waals surface area contributed by atoms with Crippen LogP contribution in [0.4, 0.5) is 5.95 Å². The Morgan fingerprint density at radius 1 is 1.50 bits per heavy atom. The molecule has 1 aromatic heterocycles. The van der Waals surface area contributed by atoms with Crippen molar-refractivity contribution in [3.8, 4) is 5.88 Å². The Morgan fingerprint density at radius 3 is 2.93 bits per heavy atom. The molecule has 0 aliphatic rings. The van der Waals surface area contributed by atoms with Crippen molar-refractivity contribution >= 4 is 5.95 Å². The Bertz CT molecular complexity index is 276. The van der Waals surface area contributed by atoms with Gasteiger partial charge in [0, 0.05) is 18.8 Å². The van der Waals surface area contributed by atoms with Crippen LogP contribution in [-0.4, -0.2) is 23.1 Å². The van der Waals surface area contributed by atoms with Crippen LogP contribution in [0.1, 0.15) is 20.8 Å². The zero-order valence-corrected chi connectivity index (χ0v) is 8.95. The third kappa shape index (κ3) is 3.60. The quantitative estimate of drug-likeness (QED) is 0.780. The van der Waals surface area contributed by atoms with Crippen LogP contribution >= 0.6 is 0 Å². The minimum Gasteiger partial charge on any atom is -0.477 e. The topological polar surface area (TPSA) is 47.0 Å². The summed E-state index contributed by atoms with van der Waals surface area (Å²) in [7, 11) is 0. The summed E-state index contributed by atoms with van der Waals surface area (Å²) >= 11 is 0. The lowest BCUT2D eigenvalue weighted by atomic mass is 10.2. The number of nitrogens with zero attached hydrogens (tertiary/aromatic N) is 2. The summed E-state index contributed by atoms with van der Waals surface area (Å²) in [5.74, 6) is 1.76. The molecule has 1 rings (SSSR count). The molecule has 1 N–H and O–H groups in total. The van der Waals surface area contributed by atoms with Gasteiger partial charge >= 0.3 is 0 Å². The molecule has 0 fully saturated rings. The van der Waals surface area contributed by atoms with E-state index >= 15 is 0 Å². The van der Waals surface area contributed by atoms with Crippen molar-refractivity contribution in [1.29, 1.82) is 0 Å². The third-order valence-corrected chi connectivity index (χ3v) is 1.53. The molecular weight excluding hydrogens is 178 g/mol. The molecule has 0 amide bonds. The molecule has 0 spiro atoms. The Kier molecular flexibility index (Phi) is 4.16. The van der Waals surface area contributed by atoms with E-state index in [9.17, 15) is 0 Å².